The highest BCUT2D eigenvalue weighted by atomic mass is 28.4. The second-order valence-electron chi connectivity index (χ2n) is 12.8. The molecule has 234 valence electrons. The SMILES string of the molecule is COC[C@H]1N=C(C2C(CO[Si](C)(C)C(C)(C)C)=Cc3cc4c(cc3[C@H]2c2cc(OC)c(OC)c(OC)c2)OCO4)O[C@@H]1C. The Labute approximate surface area is 256 Å². The van der Waals surface area contributed by atoms with E-state index in [0.717, 1.165) is 28.0 Å². The summed E-state index contributed by atoms with van der Waals surface area (Å²) in [5.74, 6) is 3.30. The molecule has 0 aromatic heterocycles. The molecule has 0 saturated heterocycles. The van der Waals surface area contributed by atoms with Gasteiger partial charge in [0.2, 0.25) is 12.5 Å². The number of rotatable bonds is 10. The van der Waals surface area contributed by atoms with Gasteiger partial charge in [0.05, 0.1) is 40.5 Å². The van der Waals surface area contributed by atoms with Crippen LogP contribution >= 0.6 is 0 Å². The molecule has 0 bridgehead atoms. The van der Waals surface area contributed by atoms with E-state index in [-0.39, 0.29) is 35.8 Å². The topological polar surface area (TPSA) is 86.2 Å². The van der Waals surface area contributed by atoms with Crippen molar-refractivity contribution in [2.75, 3.05) is 48.4 Å². The van der Waals surface area contributed by atoms with Gasteiger partial charge in [-0.3, -0.25) is 0 Å². The van der Waals surface area contributed by atoms with Crippen LogP contribution in [0.5, 0.6) is 28.7 Å². The molecule has 4 atom stereocenters. The third-order valence-corrected chi connectivity index (χ3v) is 13.7. The van der Waals surface area contributed by atoms with Gasteiger partial charge in [-0.15, -0.1) is 0 Å². The quantitative estimate of drug-likeness (QED) is 0.284. The van der Waals surface area contributed by atoms with Gasteiger partial charge < -0.3 is 37.6 Å². The fraction of sp³-hybridized carbons (Fsp3) is 0.545. The summed E-state index contributed by atoms with van der Waals surface area (Å²) in [5.41, 5.74) is 4.15. The highest BCUT2D eigenvalue weighted by molar-refractivity contribution is 6.74. The van der Waals surface area contributed by atoms with Crippen LogP contribution in [0.2, 0.25) is 18.1 Å². The Morgan fingerprint density at radius 1 is 0.907 bits per heavy atom. The molecule has 0 fully saturated rings. The van der Waals surface area contributed by atoms with E-state index in [4.69, 9.17) is 42.6 Å². The first-order chi connectivity index (χ1) is 20.4. The van der Waals surface area contributed by atoms with Crippen LogP contribution in [0, 0.1) is 5.92 Å². The van der Waals surface area contributed by atoms with Crippen LogP contribution in [0.4, 0.5) is 0 Å². The van der Waals surface area contributed by atoms with Crippen LogP contribution < -0.4 is 23.7 Å². The van der Waals surface area contributed by atoms with Crippen molar-refractivity contribution in [1.82, 2.24) is 0 Å². The van der Waals surface area contributed by atoms with E-state index in [1.807, 2.05) is 19.1 Å². The standard InChI is InChI=1S/C33H45NO8Si/c1-19-24(17-35-5)34-32(42-19)30-22(16-41-43(9,10)33(2,3)4)11-20-12-25-26(40-18-39-25)15-23(20)29(30)21-13-27(36-6)31(38-8)28(14-21)37-7/h11-15,19,24,29-30H,16-18H2,1-10H3/t19-,24-,29-,30?/m1/s1. The van der Waals surface area contributed by atoms with E-state index in [1.165, 1.54) is 0 Å². The van der Waals surface area contributed by atoms with E-state index in [9.17, 15) is 0 Å². The lowest BCUT2D eigenvalue weighted by Gasteiger charge is -2.39. The number of benzene rings is 2. The molecular formula is C33H45NO8Si. The molecule has 0 saturated carbocycles. The molecule has 0 spiro atoms. The van der Waals surface area contributed by atoms with Gasteiger partial charge in [-0.05, 0) is 71.6 Å². The summed E-state index contributed by atoms with van der Waals surface area (Å²) >= 11 is 0. The summed E-state index contributed by atoms with van der Waals surface area (Å²) in [6.07, 6.45) is 2.08. The Hall–Kier alpha value is -3.21. The molecule has 43 heavy (non-hydrogen) atoms. The Morgan fingerprint density at radius 3 is 2.14 bits per heavy atom. The fourth-order valence-corrected chi connectivity index (χ4v) is 6.64. The van der Waals surface area contributed by atoms with Crippen molar-refractivity contribution in [3.05, 3.63) is 46.5 Å². The molecule has 0 N–H and O–H groups in total. The molecule has 0 amide bonds. The number of aliphatic imine (C=N–C) groups is 1. The lowest BCUT2D eigenvalue weighted by atomic mass is 9.71. The molecule has 3 aliphatic rings. The maximum absolute atomic E-state index is 6.85. The second kappa shape index (κ2) is 12.1. The molecule has 9 nitrogen and oxygen atoms in total. The predicted octanol–water partition coefficient (Wildman–Crippen LogP) is 6.44. The van der Waals surface area contributed by atoms with Crippen LogP contribution in [-0.4, -0.2) is 74.8 Å². The molecular weight excluding hydrogens is 566 g/mol. The second-order valence-corrected chi connectivity index (χ2v) is 17.6. The Kier molecular flexibility index (Phi) is 8.75. The first kappa shape index (κ1) is 31.2. The molecule has 5 rings (SSSR count). The molecule has 2 heterocycles. The average Bonchev–Trinajstić information content (AvgIpc) is 3.58. The minimum Gasteiger partial charge on any atom is -0.493 e. The smallest absolute Gasteiger partial charge is 0.231 e. The van der Waals surface area contributed by atoms with Gasteiger partial charge in [0, 0.05) is 13.0 Å². The van der Waals surface area contributed by atoms with Crippen LogP contribution in [0.15, 0.2) is 34.8 Å². The lowest BCUT2D eigenvalue weighted by Crippen LogP contribution is -2.42. The van der Waals surface area contributed by atoms with Gasteiger partial charge in [-0.25, -0.2) is 4.99 Å². The summed E-state index contributed by atoms with van der Waals surface area (Å²) in [4.78, 5) is 5.11. The number of fused-ring (bicyclic) bond motifs is 2. The Bertz CT molecular complexity index is 1390. The summed E-state index contributed by atoms with van der Waals surface area (Å²) in [5, 5.41) is 0.0528. The molecule has 2 aromatic rings. The Balaban J connectivity index is 1.73. The van der Waals surface area contributed by atoms with Crippen LogP contribution in [0.1, 0.15) is 50.3 Å². The minimum atomic E-state index is -2.09. The zero-order valence-electron chi connectivity index (χ0n) is 27.0. The van der Waals surface area contributed by atoms with Crippen LogP contribution in [0.25, 0.3) is 6.08 Å². The molecule has 0 radical (unpaired) electrons. The number of nitrogens with zero attached hydrogens (tertiary/aromatic N) is 1. The first-order valence-corrected chi connectivity index (χ1v) is 17.6. The van der Waals surface area contributed by atoms with Crippen molar-refractivity contribution in [2.45, 2.75) is 63.9 Å². The van der Waals surface area contributed by atoms with Crippen molar-refractivity contribution in [1.29, 1.82) is 0 Å². The highest BCUT2D eigenvalue weighted by Gasteiger charge is 2.44. The number of hydrogen-bond acceptors (Lipinski definition) is 9. The summed E-state index contributed by atoms with van der Waals surface area (Å²) in [6, 6.07) is 8.04. The molecule has 1 unspecified atom stereocenters. The monoisotopic (exact) mass is 611 g/mol. The van der Waals surface area contributed by atoms with Gasteiger partial charge in [0.25, 0.3) is 0 Å². The maximum Gasteiger partial charge on any atom is 0.231 e. The lowest BCUT2D eigenvalue weighted by molar-refractivity contribution is 0.126. The third kappa shape index (κ3) is 5.84. The first-order valence-electron chi connectivity index (χ1n) is 14.7. The zero-order chi connectivity index (χ0) is 31.1. The Morgan fingerprint density at radius 2 is 1.56 bits per heavy atom. The van der Waals surface area contributed by atoms with Gasteiger partial charge in [0.15, 0.2) is 37.2 Å². The van der Waals surface area contributed by atoms with Crippen molar-refractivity contribution >= 4 is 20.3 Å². The molecule has 2 aliphatic heterocycles. The number of hydrogen-bond donors (Lipinski definition) is 0. The summed E-state index contributed by atoms with van der Waals surface area (Å²) in [6.45, 7) is 14.4. The normalized spacial score (nSPS) is 22.8. The van der Waals surface area contributed by atoms with Crippen molar-refractivity contribution < 1.29 is 37.6 Å². The zero-order valence-corrected chi connectivity index (χ0v) is 28.0. The van der Waals surface area contributed by atoms with E-state index in [0.29, 0.717) is 42.1 Å². The van der Waals surface area contributed by atoms with Crippen molar-refractivity contribution in [3.8, 4) is 28.7 Å². The van der Waals surface area contributed by atoms with Gasteiger partial charge >= 0.3 is 0 Å². The average molecular weight is 612 g/mol. The van der Waals surface area contributed by atoms with Gasteiger partial charge in [-0.1, -0.05) is 26.8 Å². The van der Waals surface area contributed by atoms with Crippen LogP contribution in [-0.2, 0) is 13.9 Å². The highest BCUT2D eigenvalue weighted by Crippen LogP contribution is 2.51. The van der Waals surface area contributed by atoms with E-state index >= 15 is 0 Å². The number of ether oxygens (including phenoxy) is 7. The van der Waals surface area contributed by atoms with Crippen molar-refractivity contribution in [2.24, 2.45) is 10.9 Å². The van der Waals surface area contributed by atoms with Gasteiger partial charge in [-0.2, -0.15) is 0 Å². The number of methoxy groups -OCH3 is 4. The molecule has 10 heteroatoms. The van der Waals surface area contributed by atoms with E-state index < -0.39 is 8.32 Å². The van der Waals surface area contributed by atoms with Crippen LogP contribution in [0.3, 0.4) is 0 Å². The predicted molar refractivity (Wildman–Crippen MR) is 169 cm³/mol. The summed E-state index contributed by atoms with van der Waals surface area (Å²) < 4.78 is 47.8. The molecule has 1 aliphatic carbocycles. The van der Waals surface area contributed by atoms with E-state index in [1.54, 1.807) is 28.4 Å². The summed E-state index contributed by atoms with van der Waals surface area (Å²) in [7, 11) is 4.47. The maximum atomic E-state index is 6.85. The minimum absolute atomic E-state index is 0.0528. The third-order valence-electron chi connectivity index (χ3n) is 9.18. The largest absolute Gasteiger partial charge is 0.493 e. The van der Waals surface area contributed by atoms with Gasteiger partial charge in [0.1, 0.15) is 12.1 Å². The van der Waals surface area contributed by atoms with E-state index in [2.05, 4.69) is 52.1 Å². The molecule has 2 aromatic carbocycles. The van der Waals surface area contributed by atoms with Crippen molar-refractivity contribution in [3.63, 3.8) is 0 Å². The fourth-order valence-electron chi connectivity index (χ4n) is 5.68.